The molecule has 3 heterocycles. The van der Waals surface area contributed by atoms with Crippen LogP contribution in [0, 0.1) is 0 Å². The molecule has 2 aliphatic rings. The Balaban J connectivity index is 1.61. The third kappa shape index (κ3) is 3.56. The van der Waals surface area contributed by atoms with E-state index in [0.717, 1.165) is 43.6 Å². The van der Waals surface area contributed by atoms with Crippen LogP contribution in [-0.4, -0.2) is 49.1 Å². The van der Waals surface area contributed by atoms with E-state index in [9.17, 15) is 18.0 Å². The number of rotatable bonds is 2. The standard InChI is InChI=1S/C20H20F3N3O2/c1-25-7-9-26(10-8-25)14-5-4-13-11-16(19(27)28-17(13)12-14)15-3-2-6-24-18(15)20(21,22)23/h2-6,12,16H,7-11H2,1H3. The summed E-state index contributed by atoms with van der Waals surface area (Å²) in [5.41, 5.74) is 0.498. The monoisotopic (exact) mass is 391 g/mol. The van der Waals surface area contributed by atoms with Gasteiger partial charge in [0.05, 0.1) is 5.92 Å². The predicted molar refractivity (Wildman–Crippen MR) is 97.5 cm³/mol. The van der Waals surface area contributed by atoms with E-state index in [2.05, 4.69) is 21.8 Å². The second-order valence-corrected chi connectivity index (χ2v) is 7.20. The summed E-state index contributed by atoms with van der Waals surface area (Å²) in [4.78, 5) is 20.4. The number of likely N-dealkylation sites (N-methyl/N-ethyl adjacent to an activating group) is 1. The molecule has 8 heteroatoms. The molecule has 0 saturated carbocycles. The van der Waals surface area contributed by atoms with Crippen LogP contribution in [0.3, 0.4) is 0 Å². The van der Waals surface area contributed by atoms with Gasteiger partial charge in [0.25, 0.3) is 0 Å². The summed E-state index contributed by atoms with van der Waals surface area (Å²) >= 11 is 0. The van der Waals surface area contributed by atoms with Crippen molar-refractivity contribution in [2.75, 3.05) is 38.1 Å². The SMILES string of the molecule is CN1CCN(c2ccc3c(c2)OC(=O)C(c2cccnc2C(F)(F)F)C3)CC1. The second-order valence-electron chi connectivity index (χ2n) is 7.20. The van der Waals surface area contributed by atoms with Gasteiger partial charge in [0.1, 0.15) is 11.4 Å². The number of fused-ring (bicyclic) bond motifs is 1. The van der Waals surface area contributed by atoms with Crippen molar-refractivity contribution in [1.29, 1.82) is 0 Å². The van der Waals surface area contributed by atoms with Crippen LogP contribution < -0.4 is 9.64 Å². The van der Waals surface area contributed by atoms with Crippen LogP contribution in [0.1, 0.15) is 22.7 Å². The lowest BCUT2D eigenvalue weighted by Crippen LogP contribution is -2.44. The fourth-order valence-corrected chi connectivity index (χ4v) is 3.72. The van der Waals surface area contributed by atoms with Gasteiger partial charge in [-0.25, -0.2) is 0 Å². The van der Waals surface area contributed by atoms with Gasteiger partial charge in [-0.05, 0) is 36.7 Å². The van der Waals surface area contributed by atoms with E-state index in [1.807, 2.05) is 18.2 Å². The Kier molecular flexibility index (Phi) is 4.74. The van der Waals surface area contributed by atoms with Crippen molar-refractivity contribution in [3.8, 4) is 5.75 Å². The number of esters is 1. The van der Waals surface area contributed by atoms with Gasteiger partial charge in [-0.1, -0.05) is 12.1 Å². The number of ether oxygens (including phenoxy) is 1. The van der Waals surface area contributed by atoms with Gasteiger partial charge in [-0.15, -0.1) is 0 Å². The summed E-state index contributed by atoms with van der Waals surface area (Å²) in [6, 6.07) is 8.29. The largest absolute Gasteiger partial charge is 0.433 e. The van der Waals surface area contributed by atoms with Crippen molar-refractivity contribution in [2.24, 2.45) is 0 Å². The van der Waals surface area contributed by atoms with Gasteiger partial charge in [-0.2, -0.15) is 13.2 Å². The van der Waals surface area contributed by atoms with Crippen LogP contribution in [0.4, 0.5) is 18.9 Å². The Bertz CT molecular complexity index is 893. The van der Waals surface area contributed by atoms with Crippen LogP contribution in [0.2, 0.25) is 0 Å². The summed E-state index contributed by atoms with van der Waals surface area (Å²) in [6.45, 7) is 3.63. The number of alkyl halides is 3. The highest BCUT2D eigenvalue weighted by molar-refractivity contribution is 5.84. The topological polar surface area (TPSA) is 45.7 Å². The maximum absolute atomic E-state index is 13.3. The Morgan fingerprint density at radius 2 is 1.89 bits per heavy atom. The van der Waals surface area contributed by atoms with Crippen molar-refractivity contribution < 1.29 is 22.7 Å². The molecule has 4 rings (SSSR count). The lowest BCUT2D eigenvalue weighted by atomic mass is 9.88. The molecule has 28 heavy (non-hydrogen) atoms. The number of hydrogen-bond donors (Lipinski definition) is 0. The summed E-state index contributed by atoms with van der Waals surface area (Å²) < 4.78 is 45.3. The average Bonchev–Trinajstić information content (AvgIpc) is 2.67. The van der Waals surface area contributed by atoms with E-state index in [4.69, 9.17) is 4.74 Å². The number of carbonyl (C=O) groups is 1. The third-order valence-electron chi connectivity index (χ3n) is 5.32. The van der Waals surface area contributed by atoms with Crippen molar-refractivity contribution in [3.05, 3.63) is 53.3 Å². The number of carbonyl (C=O) groups excluding carboxylic acids is 1. The summed E-state index contributed by atoms with van der Waals surface area (Å²) in [7, 11) is 2.07. The molecule has 1 fully saturated rings. The van der Waals surface area contributed by atoms with Crippen LogP contribution in [-0.2, 0) is 17.4 Å². The fourth-order valence-electron chi connectivity index (χ4n) is 3.72. The zero-order valence-corrected chi connectivity index (χ0v) is 15.4. The summed E-state index contributed by atoms with van der Waals surface area (Å²) in [6.07, 6.45) is -3.38. The first-order chi connectivity index (χ1) is 13.3. The van der Waals surface area contributed by atoms with Gasteiger partial charge in [-0.3, -0.25) is 9.78 Å². The predicted octanol–water partition coefficient (Wildman–Crippen LogP) is 3.10. The Morgan fingerprint density at radius 3 is 2.61 bits per heavy atom. The number of anilines is 1. The van der Waals surface area contributed by atoms with E-state index < -0.39 is 23.8 Å². The summed E-state index contributed by atoms with van der Waals surface area (Å²) in [5, 5.41) is 0. The lowest BCUT2D eigenvalue weighted by Gasteiger charge is -2.34. The van der Waals surface area contributed by atoms with Crippen molar-refractivity contribution in [1.82, 2.24) is 9.88 Å². The van der Waals surface area contributed by atoms with Crippen LogP contribution in [0.15, 0.2) is 36.5 Å². The zero-order chi connectivity index (χ0) is 19.9. The molecule has 0 N–H and O–H groups in total. The first kappa shape index (κ1) is 18.7. The van der Waals surface area contributed by atoms with Crippen LogP contribution >= 0.6 is 0 Å². The lowest BCUT2D eigenvalue weighted by molar-refractivity contribution is -0.143. The van der Waals surface area contributed by atoms with E-state index in [-0.39, 0.29) is 12.0 Å². The molecule has 0 amide bonds. The van der Waals surface area contributed by atoms with E-state index in [1.54, 1.807) is 0 Å². The second kappa shape index (κ2) is 7.09. The van der Waals surface area contributed by atoms with Crippen LogP contribution in [0.5, 0.6) is 5.75 Å². The Morgan fingerprint density at radius 1 is 1.14 bits per heavy atom. The highest BCUT2D eigenvalue weighted by Gasteiger charge is 2.40. The van der Waals surface area contributed by atoms with Crippen LogP contribution in [0.25, 0.3) is 0 Å². The molecule has 0 bridgehead atoms. The van der Waals surface area contributed by atoms with Gasteiger partial charge >= 0.3 is 12.1 Å². The molecule has 0 aliphatic carbocycles. The molecule has 5 nitrogen and oxygen atoms in total. The highest BCUT2D eigenvalue weighted by Crippen LogP contribution is 2.40. The van der Waals surface area contributed by atoms with Gasteiger partial charge in [0, 0.05) is 44.1 Å². The maximum atomic E-state index is 13.3. The molecule has 1 aromatic carbocycles. The maximum Gasteiger partial charge on any atom is 0.433 e. The molecule has 148 valence electrons. The number of nitrogens with zero attached hydrogens (tertiary/aromatic N) is 3. The highest BCUT2D eigenvalue weighted by atomic mass is 19.4. The zero-order valence-electron chi connectivity index (χ0n) is 15.4. The average molecular weight is 391 g/mol. The number of halogens is 3. The molecular weight excluding hydrogens is 371 g/mol. The minimum atomic E-state index is -4.62. The van der Waals surface area contributed by atoms with Gasteiger partial charge in [0.15, 0.2) is 0 Å². The van der Waals surface area contributed by atoms with Crippen molar-refractivity contribution in [2.45, 2.75) is 18.5 Å². The van der Waals surface area contributed by atoms with Gasteiger partial charge in [0.2, 0.25) is 0 Å². The Labute approximate surface area is 160 Å². The smallest absolute Gasteiger partial charge is 0.426 e. The third-order valence-corrected chi connectivity index (χ3v) is 5.32. The molecule has 2 aliphatic heterocycles. The number of aromatic nitrogens is 1. The van der Waals surface area contributed by atoms with E-state index in [0.29, 0.717) is 5.75 Å². The molecular formula is C20H20F3N3O2. The van der Waals surface area contributed by atoms with Gasteiger partial charge < -0.3 is 14.5 Å². The first-order valence-electron chi connectivity index (χ1n) is 9.13. The molecule has 2 aromatic rings. The minimum absolute atomic E-state index is 0.145. The summed E-state index contributed by atoms with van der Waals surface area (Å²) in [5.74, 6) is -1.27. The normalized spacial score (nSPS) is 20.6. The molecule has 1 atom stereocenters. The molecule has 0 radical (unpaired) electrons. The number of hydrogen-bond acceptors (Lipinski definition) is 5. The van der Waals surface area contributed by atoms with Crippen molar-refractivity contribution in [3.63, 3.8) is 0 Å². The fraction of sp³-hybridized carbons (Fsp3) is 0.400. The molecule has 1 saturated heterocycles. The number of piperazine rings is 1. The Hall–Kier alpha value is -2.61. The molecule has 0 spiro atoms. The number of benzene rings is 1. The molecule has 1 aromatic heterocycles. The minimum Gasteiger partial charge on any atom is -0.426 e. The van der Waals surface area contributed by atoms with E-state index in [1.165, 1.54) is 12.1 Å². The number of pyridine rings is 1. The van der Waals surface area contributed by atoms with E-state index >= 15 is 0 Å². The quantitative estimate of drug-likeness (QED) is 0.582. The molecule has 1 unspecified atom stereocenters. The first-order valence-corrected chi connectivity index (χ1v) is 9.13. The van der Waals surface area contributed by atoms with Crippen molar-refractivity contribution >= 4 is 11.7 Å².